The van der Waals surface area contributed by atoms with Gasteiger partial charge in [-0.15, -0.1) is 0 Å². The zero-order valence-electron chi connectivity index (χ0n) is 14.0. The van der Waals surface area contributed by atoms with Crippen molar-refractivity contribution in [2.75, 3.05) is 27.2 Å². The molecule has 0 atom stereocenters. The van der Waals surface area contributed by atoms with Crippen LogP contribution in [0.1, 0.15) is 39.5 Å². The van der Waals surface area contributed by atoms with Gasteiger partial charge in [0.15, 0.2) is 6.29 Å². The van der Waals surface area contributed by atoms with Crippen LogP contribution in [0.5, 0.6) is 5.75 Å². The third kappa shape index (κ3) is 3.76. The van der Waals surface area contributed by atoms with Crippen molar-refractivity contribution in [3.63, 3.8) is 0 Å². The summed E-state index contributed by atoms with van der Waals surface area (Å²) in [5.41, 5.74) is 0.408. The molecule has 4 heteroatoms. The second-order valence-corrected chi connectivity index (χ2v) is 6.81. The van der Waals surface area contributed by atoms with Crippen LogP contribution in [0.4, 0.5) is 0 Å². The third-order valence-corrected chi connectivity index (χ3v) is 4.21. The summed E-state index contributed by atoms with van der Waals surface area (Å²) < 4.78 is 17.8. The molecule has 0 N–H and O–H groups in total. The van der Waals surface area contributed by atoms with Crippen molar-refractivity contribution in [3.8, 4) is 5.75 Å². The van der Waals surface area contributed by atoms with E-state index in [1.54, 1.807) is 0 Å². The van der Waals surface area contributed by atoms with E-state index in [9.17, 15) is 0 Å². The van der Waals surface area contributed by atoms with E-state index in [1.807, 2.05) is 38.4 Å². The van der Waals surface area contributed by atoms with Crippen LogP contribution in [-0.4, -0.2) is 43.3 Å². The molecule has 2 rings (SSSR count). The molecule has 1 aromatic carbocycles. The van der Waals surface area contributed by atoms with Crippen LogP contribution in [0.15, 0.2) is 24.3 Å². The van der Waals surface area contributed by atoms with Gasteiger partial charge in [-0.1, -0.05) is 12.1 Å². The fraction of sp³-hybridized carbons (Fsp3) is 0.647. The summed E-state index contributed by atoms with van der Waals surface area (Å²) in [6, 6.07) is 7.95. The molecule has 21 heavy (non-hydrogen) atoms. The van der Waals surface area contributed by atoms with E-state index < -0.39 is 0 Å². The van der Waals surface area contributed by atoms with Crippen LogP contribution in [-0.2, 0) is 9.47 Å². The Labute approximate surface area is 128 Å². The van der Waals surface area contributed by atoms with Gasteiger partial charge in [0.1, 0.15) is 12.4 Å². The van der Waals surface area contributed by atoms with Crippen molar-refractivity contribution in [2.45, 2.75) is 45.2 Å². The summed E-state index contributed by atoms with van der Waals surface area (Å²) in [5.74, 6) is 0.872. The minimum absolute atomic E-state index is 0.307. The zero-order valence-corrected chi connectivity index (χ0v) is 14.0. The number of hydrogen-bond donors (Lipinski definition) is 0. The van der Waals surface area contributed by atoms with Gasteiger partial charge in [0, 0.05) is 12.1 Å². The maximum Gasteiger partial charge on any atom is 0.185 e. The molecule has 1 aromatic rings. The first kappa shape index (κ1) is 16.3. The van der Waals surface area contributed by atoms with Crippen molar-refractivity contribution in [1.29, 1.82) is 0 Å². The topological polar surface area (TPSA) is 30.9 Å². The van der Waals surface area contributed by atoms with Crippen molar-refractivity contribution < 1.29 is 14.2 Å². The molecule has 0 spiro atoms. The molecule has 0 saturated carbocycles. The number of nitrogens with zero attached hydrogens (tertiary/aromatic N) is 1. The SMILES string of the molecule is CN(C)CCOc1ccc(C2OC(C)(C)C(C)(C)O2)cc1. The molecule has 1 saturated heterocycles. The number of likely N-dealkylation sites (N-methyl/N-ethyl adjacent to an activating group) is 1. The van der Waals surface area contributed by atoms with E-state index >= 15 is 0 Å². The van der Waals surface area contributed by atoms with Gasteiger partial charge in [0.2, 0.25) is 0 Å². The van der Waals surface area contributed by atoms with Gasteiger partial charge in [-0.25, -0.2) is 0 Å². The normalized spacial score (nSPS) is 20.9. The number of benzene rings is 1. The van der Waals surface area contributed by atoms with Crippen LogP contribution in [0, 0.1) is 0 Å². The molecule has 0 aliphatic carbocycles. The van der Waals surface area contributed by atoms with E-state index in [1.165, 1.54) is 0 Å². The Morgan fingerprint density at radius 1 is 1.00 bits per heavy atom. The Morgan fingerprint density at radius 3 is 2.00 bits per heavy atom. The number of ether oxygens (including phenoxy) is 3. The average Bonchev–Trinajstić information content (AvgIpc) is 2.59. The Kier molecular flexibility index (Phi) is 4.61. The highest BCUT2D eigenvalue weighted by atomic mass is 16.7. The van der Waals surface area contributed by atoms with Crippen LogP contribution in [0.2, 0.25) is 0 Å². The highest BCUT2D eigenvalue weighted by molar-refractivity contribution is 5.28. The standard InChI is InChI=1S/C17H27NO3/c1-16(2)17(3,4)21-15(20-16)13-7-9-14(10-8-13)19-12-11-18(5)6/h7-10,15H,11-12H2,1-6H3. The second-order valence-electron chi connectivity index (χ2n) is 6.81. The van der Waals surface area contributed by atoms with E-state index in [-0.39, 0.29) is 17.5 Å². The third-order valence-electron chi connectivity index (χ3n) is 4.21. The molecule has 4 nitrogen and oxygen atoms in total. The molecule has 1 aliphatic heterocycles. The first-order valence-corrected chi connectivity index (χ1v) is 7.44. The Hall–Kier alpha value is -1.10. The Bertz CT molecular complexity index is 449. The lowest BCUT2D eigenvalue weighted by Gasteiger charge is -2.30. The Morgan fingerprint density at radius 2 is 1.52 bits per heavy atom. The van der Waals surface area contributed by atoms with E-state index in [0.29, 0.717) is 6.61 Å². The summed E-state index contributed by atoms with van der Waals surface area (Å²) in [6.07, 6.45) is -0.314. The van der Waals surface area contributed by atoms with Crippen molar-refractivity contribution >= 4 is 0 Å². The molecule has 0 amide bonds. The van der Waals surface area contributed by atoms with E-state index in [0.717, 1.165) is 17.9 Å². The summed E-state index contributed by atoms with van der Waals surface area (Å²) in [5, 5.41) is 0. The molecule has 1 heterocycles. The average molecular weight is 293 g/mol. The molecular formula is C17H27NO3. The fourth-order valence-electron chi connectivity index (χ4n) is 2.05. The van der Waals surface area contributed by atoms with E-state index in [2.05, 4.69) is 32.6 Å². The fourth-order valence-corrected chi connectivity index (χ4v) is 2.05. The van der Waals surface area contributed by atoms with Gasteiger partial charge in [-0.2, -0.15) is 0 Å². The number of rotatable bonds is 5. The van der Waals surface area contributed by atoms with Crippen molar-refractivity contribution in [2.24, 2.45) is 0 Å². The molecule has 118 valence electrons. The molecule has 1 fully saturated rings. The van der Waals surface area contributed by atoms with Gasteiger partial charge < -0.3 is 19.1 Å². The minimum atomic E-state index is -0.314. The van der Waals surface area contributed by atoms with Gasteiger partial charge in [-0.05, 0) is 53.9 Å². The first-order valence-electron chi connectivity index (χ1n) is 7.44. The van der Waals surface area contributed by atoms with E-state index in [4.69, 9.17) is 14.2 Å². The zero-order chi connectivity index (χ0) is 15.7. The molecule has 0 radical (unpaired) electrons. The van der Waals surface area contributed by atoms with Crippen molar-refractivity contribution in [1.82, 2.24) is 4.90 Å². The quantitative estimate of drug-likeness (QED) is 0.834. The van der Waals surface area contributed by atoms with Crippen LogP contribution in [0.3, 0.4) is 0 Å². The highest BCUT2D eigenvalue weighted by Gasteiger charge is 2.49. The summed E-state index contributed by atoms with van der Waals surface area (Å²) in [6.45, 7) is 9.83. The van der Waals surface area contributed by atoms with Gasteiger partial charge in [-0.3, -0.25) is 0 Å². The predicted molar refractivity (Wildman–Crippen MR) is 83.6 cm³/mol. The first-order chi connectivity index (χ1) is 9.71. The summed E-state index contributed by atoms with van der Waals surface area (Å²) in [4.78, 5) is 2.10. The maximum atomic E-state index is 6.03. The predicted octanol–water partition coefficient (Wildman–Crippen LogP) is 3.23. The minimum Gasteiger partial charge on any atom is -0.492 e. The van der Waals surface area contributed by atoms with Crippen LogP contribution >= 0.6 is 0 Å². The van der Waals surface area contributed by atoms with Gasteiger partial charge in [0.05, 0.1) is 11.2 Å². The molecule has 1 aliphatic rings. The Balaban J connectivity index is 1.97. The monoisotopic (exact) mass is 293 g/mol. The molecule has 0 aromatic heterocycles. The lowest BCUT2D eigenvalue weighted by molar-refractivity contribution is -0.0895. The smallest absolute Gasteiger partial charge is 0.185 e. The maximum absolute atomic E-state index is 6.03. The lowest BCUT2D eigenvalue weighted by Crippen LogP contribution is -2.41. The molecule has 0 unspecified atom stereocenters. The van der Waals surface area contributed by atoms with Crippen molar-refractivity contribution in [3.05, 3.63) is 29.8 Å². The summed E-state index contributed by atoms with van der Waals surface area (Å²) >= 11 is 0. The highest BCUT2D eigenvalue weighted by Crippen LogP contribution is 2.44. The number of hydrogen-bond acceptors (Lipinski definition) is 4. The van der Waals surface area contributed by atoms with Gasteiger partial charge >= 0.3 is 0 Å². The van der Waals surface area contributed by atoms with Crippen LogP contribution < -0.4 is 4.74 Å². The summed E-state index contributed by atoms with van der Waals surface area (Å²) in [7, 11) is 4.06. The lowest BCUT2D eigenvalue weighted by atomic mass is 9.90. The second kappa shape index (κ2) is 5.95. The van der Waals surface area contributed by atoms with Gasteiger partial charge in [0.25, 0.3) is 0 Å². The largest absolute Gasteiger partial charge is 0.492 e. The molecule has 0 bridgehead atoms. The van der Waals surface area contributed by atoms with Crippen LogP contribution in [0.25, 0.3) is 0 Å². The molecular weight excluding hydrogens is 266 g/mol.